The van der Waals surface area contributed by atoms with E-state index in [1.54, 1.807) is 12.1 Å². The third-order valence-corrected chi connectivity index (χ3v) is 4.84. The Morgan fingerprint density at radius 2 is 2.09 bits per heavy atom. The SMILES string of the molecule is C=CC1=C(N(C)c2ccc(F)cc2)C=C2CCNCC2(C=O)C1. The predicted octanol–water partition coefficient (Wildman–Crippen LogP) is 3.21. The third kappa shape index (κ3) is 2.75. The lowest BCUT2D eigenvalue weighted by atomic mass is 9.69. The van der Waals surface area contributed by atoms with Crippen molar-refractivity contribution in [3.8, 4) is 0 Å². The van der Waals surface area contributed by atoms with E-state index < -0.39 is 5.41 Å². The van der Waals surface area contributed by atoms with Gasteiger partial charge in [0, 0.05) is 25.0 Å². The number of fused-ring (bicyclic) bond motifs is 1. The first-order chi connectivity index (χ1) is 11.1. The number of hydrogen-bond donors (Lipinski definition) is 1. The minimum Gasteiger partial charge on any atom is -0.344 e. The van der Waals surface area contributed by atoms with Crippen LogP contribution in [0.4, 0.5) is 10.1 Å². The average Bonchev–Trinajstić information content (AvgIpc) is 2.60. The van der Waals surface area contributed by atoms with Crippen LogP contribution in [-0.2, 0) is 4.79 Å². The highest BCUT2D eigenvalue weighted by Gasteiger charge is 2.40. The van der Waals surface area contributed by atoms with Crippen LogP contribution in [0.1, 0.15) is 12.8 Å². The van der Waals surface area contributed by atoms with Gasteiger partial charge in [-0.3, -0.25) is 0 Å². The standard InChI is InChI=1S/C19H21FN2O/c1-3-14-11-19(13-23)12-21-9-8-15(19)10-18(14)22(2)17-6-4-16(20)5-7-17/h3-7,10,13,21H,1,8-9,11-12H2,2H3. The minimum absolute atomic E-state index is 0.250. The molecule has 1 aliphatic heterocycles. The molecule has 23 heavy (non-hydrogen) atoms. The van der Waals surface area contributed by atoms with Crippen molar-refractivity contribution >= 4 is 12.0 Å². The Morgan fingerprint density at radius 1 is 1.35 bits per heavy atom. The van der Waals surface area contributed by atoms with E-state index >= 15 is 0 Å². The molecular weight excluding hydrogens is 291 g/mol. The molecule has 0 spiro atoms. The second kappa shape index (κ2) is 6.13. The number of piperidine rings is 1. The summed E-state index contributed by atoms with van der Waals surface area (Å²) >= 11 is 0. The van der Waals surface area contributed by atoms with Crippen LogP contribution in [0.5, 0.6) is 0 Å². The molecule has 3 nitrogen and oxygen atoms in total. The summed E-state index contributed by atoms with van der Waals surface area (Å²) < 4.78 is 13.1. The van der Waals surface area contributed by atoms with Gasteiger partial charge in [-0.2, -0.15) is 0 Å². The Hall–Kier alpha value is -2.20. The molecule has 0 radical (unpaired) electrons. The van der Waals surface area contributed by atoms with E-state index in [0.29, 0.717) is 13.0 Å². The average molecular weight is 312 g/mol. The summed E-state index contributed by atoms with van der Waals surface area (Å²) in [5, 5.41) is 3.32. The maximum absolute atomic E-state index is 13.1. The maximum Gasteiger partial charge on any atom is 0.131 e. The van der Waals surface area contributed by atoms with Crippen LogP contribution in [-0.4, -0.2) is 26.4 Å². The zero-order valence-electron chi connectivity index (χ0n) is 13.3. The van der Waals surface area contributed by atoms with Gasteiger partial charge in [0.2, 0.25) is 0 Å². The lowest BCUT2D eigenvalue weighted by Gasteiger charge is -2.40. The number of nitrogens with zero attached hydrogens (tertiary/aromatic N) is 1. The van der Waals surface area contributed by atoms with Gasteiger partial charge in [0.1, 0.15) is 12.1 Å². The number of likely N-dealkylation sites (N-methyl/N-ethyl adjacent to an activating group) is 1. The van der Waals surface area contributed by atoms with Crippen molar-refractivity contribution in [1.82, 2.24) is 5.32 Å². The van der Waals surface area contributed by atoms with E-state index in [9.17, 15) is 9.18 Å². The Bertz CT molecular complexity index is 690. The van der Waals surface area contributed by atoms with E-state index in [4.69, 9.17) is 0 Å². The number of carbonyl (C=O) groups is 1. The fourth-order valence-electron chi connectivity index (χ4n) is 3.43. The number of benzene rings is 1. The fourth-order valence-corrected chi connectivity index (χ4v) is 3.43. The molecule has 1 unspecified atom stereocenters. The summed E-state index contributed by atoms with van der Waals surface area (Å²) in [7, 11) is 1.96. The van der Waals surface area contributed by atoms with Crippen LogP contribution < -0.4 is 10.2 Å². The minimum atomic E-state index is -0.449. The highest BCUT2D eigenvalue weighted by molar-refractivity contribution is 5.71. The Balaban J connectivity index is 2.01. The lowest BCUT2D eigenvalue weighted by molar-refractivity contribution is -0.114. The molecule has 0 aromatic heterocycles. The van der Waals surface area contributed by atoms with Crippen LogP contribution in [0.2, 0.25) is 0 Å². The number of anilines is 1. The van der Waals surface area contributed by atoms with Crippen LogP contribution in [0, 0.1) is 11.2 Å². The van der Waals surface area contributed by atoms with Crippen molar-refractivity contribution in [2.75, 3.05) is 25.0 Å². The highest BCUT2D eigenvalue weighted by Crippen LogP contribution is 2.43. The summed E-state index contributed by atoms with van der Waals surface area (Å²) in [4.78, 5) is 13.8. The predicted molar refractivity (Wildman–Crippen MR) is 90.7 cm³/mol. The number of halogens is 1. The lowest BCUT2D eigenvalue weighted by Crippen LogP contribution is -2.45. The third-order valence-electron chi connectivity index (χ3n) is 4.84. The zero-order valence-corrected chi connectivity index (χ0v) is 13.3. The van der Waals surface area contributed by atoms with Gasteiger partial charge in [-0.05, 0) is 55.3 Å². The Morgan fingerprint density at radius 3 is 2.74 bits per heavy atom. The van der Waals surface area contributed by atoms with E-state index in [1.165, 1.54) is 17.7 Å². The first kappa shape index (κ1) is 15.7. The maximum atomic E-state index is 13.1. The molecule has 1 aliphatic carbocycles. The largest absolute Gasteiger partial charge is 0.344 e. The molecule has 1 saturated heterocycles. The van der Waals surface area contributed by atoms with Crippen molar-refractivity contribution in [2.24, 2.45) is 5.41 Å². The second-order valence-electron chi connectivity index (χ2n) is 6.20. The van der Waals surface area contributed by atoms with Crippen LogP contribution in [0.15, 0.2) is 59.8 Å². The van der Waals surface area contributed by atoms with E-state index in [0.717, 1.165) is 36.2 Å². The molecule has 1 N–H and O–H groups in total. The summed E-state index contributed by atoms with van der Waals surface area (Å²) in [6, 6.07) is 6.42. The van der Waals surface area contributed by atoms with Crippen LogP contribution in [0.25, 0.3) is 0 Å². The summed E-state index contributed by atoms with van der Waals surface area (Å²) in [5.74, 6) is -0.250. The smallest absolute Gasteiger partial charge is 0.131 e. The number of nitrogens with one attached hydrogen (secondary N) is 1. The van der Waals surface area contributed by atoms with Crippen molar-refractivity contribution in [2.45, 2.75) is 12.8 Å². The monoisotopic (exact) mass is 312 g/mol. The van der Waals surface area contributed by atoms with Crippen molar-refractivity contribution < 1.29 is 9.18 Å². The molecule has 0 bridgehead atoms. The fraction of sp³-hybridized carbons (Fsp3) is 0.316. The number of hydrogen-bond acceptors (Lipinski definition) is 3. The van der Waals surface area contributed by atoms with Crippen LogP contribution >= 0.6 is 0 Å². The van der Waals surface area contributed by atoms with Gasteiger partial charge in [0.25, 0.3) is 0 Å². The van der Waals surface area contributed by atoms with Gasteiger partial charge >= 0.3 is 0 Å². The molecule has 1 heterocycles. The molecule has 1 aromatic carbocycles. The summed E-state index contributed by atoms with van der Waals surface area (Å²) in [6.45, 7) is 5.48. The molecule has 4 heteroatoms. The second-order valence-corrected chi connectivity index (χ2v) is 6.20. The van der Waals surface area contributed by atoms with Gasteiger partial charge in [-0.1, -0.05) is 18.2 Å². The zero-order chi connectivity index (χ0) is 16.4. The molecule has 0 amide bonds. The molecule has 2 aliphatic rings. The van der Waals surface area contributed by atoms with E-state index in [-0.39, 0.29) is 5.82 Å². The topological polar surface area (TPSA) is 32.3 Å². The van der Waals surface area contributed by atoms with Gasteiger partial charge in [-0.25, -0.2) is 4.39 Å². The molecular formula is C19H21FN2O. The Kier molecular flexibility index (Phi) is 4.18. The molecule has 1 aromatic rings. The number of allylic oxidation sites excluding steroid dienone is 3. The first-order valence-corrected chi connectivity index (χ1v) is 7.82. The van der Waals surface area contributed by atoms with Crippen molar-refractivity contribution in [3.05, 3.63) is 65.7 Å². The summed E-state index contributed by atoms with van der Waals surface area (Å²) in [6.07, 6.45) is 6.52. The van der Waals surface area contributed by atoms with Gasteiger partial charge < -0.3 is 15.0 Å². The number of rotatable bonds is 4. The van der Waals surface area contributed by atoms with Gasteiger partial charge in [0.05, 0.1) is 5.41 Å². The molecule has 1 fully saturated rings. The van der Waals surface area contributed by atoms with E-state index in [1.807, 2.05) is 18.0 Å². The molecule has 1 atom stereocenters. The number of aldehydes is 1. The molecule has 120 valence electrons. The molecule has 3 rings (SSSR count). The quantitative estimate of drug-likeness (QED) is 0.867. The van der Waals surface area contributed by atoms with Gasteiger partial charge in [0.15, 0.2) is 0 Å². The molecule has 0 saturated carbocycles. The normalized spacial score (nSPS) is 23.8. The van der Waals surface area contributed by atoms with E-state index in [2.05, 4.69) is 18.0 Å². The van der Waals surface area contributed by atoms with Crippen molar-refractivity contribution in [3.63, 3.8) is 0 Å². The van der Waals surface area contributed by atoms with Crippen molar-refractivity contribution in [1.29, 1.82) is 0 Å². The van der Waals surface area contributed by atoms with Gasteiger partial charge in [-0.15, -0.1) is 0 Å². The highest BCUT2D eigenvalue weighted by atomic mass is 19.1. The summed E-state index contributed by atoms with van der Waals surface area (Å²) in [5.41, 5.74) is 3.69. The number of carbonyl (C=O) groups excluding carboxylic acids is 1. The Labute approximate surface area is 136 Å². The first-order valence-electron chi connectivity index (χ1n) is 7.82. The van der Waals surface area contributed by atoms with Crippen LogP contribution in [0.3, 0.4) is 0 Å².